The summed E-state index contributed by atoms with van der Waals surface area (Å²) < 4.78 is 8.21. The minimum Gasteiger partial charge on any atom is -0.486 e. The lowest BCUT2D eigenvalue weighted by atomic mass is 9.99. The van der Waals surface area contributed by atoms with E-state index in [9.17, 15) is 9.59 Å². The second-order valence-corrected chi connectivity index (χ2v) is 9.71. The van der Waals surface area contributed by atoms with E-state index in [2.05, 4.69) is 38.1 Å². The van der Waals surface area contributed by atoms with Gasteiger partial charge in [-0.2, -0.15) is 0 Å². The smallest absolute Gasteiger partial charge is 0.303 e. The molecule has 1 atom stereocenters. The number of hydrogen-bond donors (Lipinski definition) is 1. The lowest BCUT2D eigenvalue weighted by Gasteiger charge is -2.17. The van der Waals surface area contributed by atoms with Gasteiger partial charge in [-0.3, -0.25) is 9.59 Å². The first kappa shape index (κ1) is 25.2. The van der Waals surface area contributed by atoms with E-state index < -0.39 is 5.97 Å². The van der Waals surface area contributed by atoms with Crippen molar-refractivity contribution in [1.29, 1.82) is 0 Å². The van der Waals surface area contributed by atoms with Crippen molar-refractivity contribution in [1.82, 2.24) is 4.57 Å². The summed E-state index contributed by atoms with van der Waals surface area (Å²) in [6, 6.07) is 23.5. The second-order valence-electron chi connectivity index (χ2n) is 9.71. The lowest BCUT2D eigenvalue weighted by molar-refractivity contribution is -0.137. The van der Waals surface area contributed by atoms with Crippen molar-refractivity contribution >= 4 is 22.7 Å². The Kier molecular flexibility index (Phi) is 7.89. The van der Waals surface area contributed by atoms with Gasteiger partial charge in [0.15, 0.2) is 5.78 Å². The number of nitrogens with zero attached hydrogens (tertiary/aromatic N) is 1. The highest BCUT2D eigenvalue weighted by molar-refractivity contribution is 6.16. The summed E-state index contributed by atoms with van der Waals surface area (Å²) in [5.41, 5.74) is 4.48. The minimum absolute atomic E-state index is 0.0831. The number of aliphatic carboxylic acids is 1. The molecule has 5 nitrogen and oxygen atoms in total. The van der Waals surface area contributed by atoms with E-state index in [-0.39, 0.29) is 18.3 Å². The number of para-hydroxylation sites is 1. The molecule has 0 aliphatic heterocycles. The van der Waals surface area contributed by atoms with Crippen molar-refractivity contribution in [3.05, 3.63) is 101 Å². The number of carboxylic acid groups (broad SMARTS) is 1. The molecule has 1 N–H and O–H groups in total. The maximum Gasteiger partial charge on any atom is 0.303 e. The Bertz CT molecular complexity index is 1370. The summed E-state index contributed by atoms with van der Waals surface area (Å²) in [6.45, 7) is 6.98. The highest BCUT2D eigenvalue weighted by Crippen LogP contribution is 2.28. The minimum atomic E-state index is -0.819. The van der Waals surface area contributed by atoms with Crippen LogP contribution in [-0.4, -0.2) is 21.4 Å². The first-order valence-electron chi connectivity index (χ1n) is 12.5. The van der Waals surface area contributed by atoms with Crippen molar-refractivity contribution in [2.75, 3.05) is 0 Å². The molecule has 0 aliphatic rings. The third-order valence-electron chi connectivity index (χ3n) is 6.30. The van der Waals surface area contributed by atoms with Gasteiger partial charge < -0.3 is 14.4 Å². The van der Waals surface area contributed by atoms with Gasteiger partial charge in [0.25, 0.3) is 0 Å². The number of aromatic nitrogens is 1. The van der Waals surface area contributed by atoms with Crippen LogP contribution in [0, 0.1) is 5.92 Å². The fourth-order valence-electron chi connectivity index (χ4n) is 4.60. The fourth-order valence-corrected chi connectivity index (χ4v) is 4.60. The van der Waals surface area contributed by atoms with Gasteiger partial charge in [0.05, 0.1) is 0 Å². The molecule has 4 aromatic rings. The number of benzene rings is 3. The zero-order valence-electron chi connectivity index (χ0n) is 21.1. The normalized spacial score (nSPS) is 12.1. The van der Waals surface area contributed by atoms with Crippen LogP contribution in [0.25, 0.3) is 10.9 Å². The second kappa shape index (κ2) is 11.3. The first-order valence-corrected chi connectivity index (χ1v) is 12.5. The zero-order chi connectivity index (χ0) is 25.7. The molecule has 3 aromatic carbocycles. The zero-order valence-corrected chi connectivity index (χ0v) is 21.1. The molecule has 0 fully saturated rings. The van der Waals surface area contributed by atoms with Gasteiger partial charge >= 0.3 is 5.97 Å². The predicted octanol–water partition coefficient (Wildman–Crippen LogP) is 7.08. The summed E-state index contributed by atoms with van der Waals surface area (Å²) in [5, 5.41) is 9.84. The Morgan fingerprint density at radius 3 is 2.50 bits per heavy atom. The Balaban J connectivity index is 1.55. The summed E-state index contributed by atoms with van der Waals surface area (Å²) in [6.07, 6.45) is 3.30. The Morgan fingerprint density at radius 1 is 0.944 bits per heavy atom. The van der Waals surface area contributed by atoms with E-state index in [0.29, 0.717) is 35.8 Å². The maximum absolute atomic E-state index is 13.5. The summed E-state index contributed by atoms with van der Waals surface area (Å²) in [4.78, 5) is 24.5. The summed E-state index contributed by atoms with van der Waals surface area (Å²) >= 11 is 0. The maximum atomic E-state index is 13.5. The van der Waals surface area contributed by atoms with E-state index in [1.54, 1.807) is 12.1 Å². The SMILES string of the molecule is CC(C)Cc1cccc(C(C)Oc2cccc(C(=O)c3cn(CCCC(=O)O)c4ccccc34)c2)c1. The van der Waals surface area contributed by atoms with Crippen molar-refractivity contribution < 1.29 is 19.4 Å². The number of rotatable bonds is 11. The lowest BCUT2D eigenvalue weighted by Crippen LogP contribution is -2.06. The van der Waals surface area contributed by atoms with E-state index >= 15 is 0 Å². The van der Waals surface area contributed by atoms with Crippen LogP contribution < -0.4 is 4.74 Å². The molecule has 1 heterocycles. The molecule has 186 valence electrons. The monoisotopic (exact) mass is 483 g/mol. The molecule has 0 aliphatic carbocycles. The molecule has 36 heavy (non-hydrogen) atoms. The number of carbonyl (C=O) groups excluding carboxylic acids is 1. The van der Waals surface area contributed by atoms with Gasteiger partial charge in [-0.1, -0.05) is 68.4 Å². The molecular weight excluding hydrogens is 450 g/mol. The largest absolute Gasteiger partial charge is 0.486 e. The molecule has 0 spiro atoms. The van der Waals surface area contributed by atoms with E-state index in [1.807, 2.05) is 54.1 Å². The van der Waals surface area contributed by atoms with E-state index in [0.717, 1.165) is 22.9 Å². The van der Waals surface area contributed by atoms with Gasteiger partial charge in [-0.15, -0.1) is 0 Å². The third kappa shape index (κ3) is 6.03. The van der Waals surface area contributed by atoms with Crippen LogP contribution in [0.1, 0.15) is 66.8 Å². The van der Waals surface area contributed by atoms with E-state index in [1.165, 1.54) is 5.56 Å². The number of ketones is 1. The van der Waals surface area contributed by atoms with Crippen LogP contribution >= 0.6 is 0 Å². The van der Waals surface area contributed by atoms with Gasteiger partial charge in [-0.25, -0.2) is 0 Å². The highest BCUT2D eigenvalue weighted by atomic mass is 16.5. The number of ether oxygens (including phenoxy) is 1. The van der Waals surface area contributed by atoms with Crippen LogP contribution in [-0.2, 0) is 17.8 Å². The van der Waals surface area contributed by atoms with Crippen molar-refractivity contribution in [3.8, 4) is 5.75 Å². The molecule has 0 saturated heterocycles. The number of aryl methyl sites for hydroxylation is 1. The van der Waals surface area contributed by atoms with Crippen LogP contribution in [0.15, 0.2) is 79.0 Å². The highest BCUT2D eigenvalue weighted by Gasteiger charge is 2.18. The molecule has 0 saturated carbocycles. The Hall–Kier alpha value is -3.86. The Labute approximate surface area is 212 Å². The molecule has 1 unspecified atom stereocenters. The molecule has 0 radical (unpaired) electrons. The molecule has 5 heteroatoms. The number of fused-ring (bicyclic) bond motifs is 1. The molecule has 4 rings (SSSR count). The van der Waals surface area contributed by atoms with Crippen molar-refractivity contribution in [2.45, 2.75) is 52.7 Å². The topological polar surface area (TPSA) is 68.5 Å². The standard InChI is InChI=1S/C31H33NO4/c1-21(2)17-23-9-6-10-24(18-23)22(3)36-26-12-7-11-25(19-26)31(35)28-20-32(16-8-15-30(33)34)29-14-5-4-13-27(28)29/h4-7,9-14,18-22H,8,15-17H2,1-3H3,(H,33,34). The van der Waals surface area contributed by atoms with Crippen molar-refractivity contribution in [3.63, 3.8) is 0 Å². The third-order valence-corrected chi connectivity index (χ3v) is 6.30. The predicted molar refractivity (Wildman–Crippen MR) is 143 cm³/mol. The van der Waals surface area contributed by atoms with Gasteiger partial charge in [0, 0.05) is 41.2 Å². The van der Waals surface area contributed by atoms with Gasteiger partial charge in [0.1, 0.15) is 11.9 Å². The van der Waals surface area contributed by atoms with Gasteiger partial charge in [0.2, 0.25) is 0 Å². The molecule has 1 aromatic heterocycles. The van der Waals surface area contributed by atoms with E-state index in [4.69, 9.17) is 9.84 Å². The van der Waals surface area contributed by atoms with Gasteiger partial charge in [-0.05, 0) is 55.0 Å². The fraction of sp³-hybridized carbons (Fsp3) is 0.290. The average molecular weight is 484 g/mol. The first-order chi connectivity index (χ1) is 17.3. The quantitative estimate of drug-likeness (QED) is 0.232. The number of carboxylic acids is 1. The van der Waals surface area contributed by atoms with Crippen LogP contribution in [0.4, 0.5) is 0 Å². The summed E-state index contributed by atoms with van der Waals surface area (Å²) in [5.74, 6) is 0.329. The summed E-state index contributed by atoms with van der Waals surface area (Å²) in [7, 11) is 0. The van der Waals surface area contributed by atoms with Crippen molar-refractivity contribution in [2.24, 2.45) is 5.92 Å². The average Bonchev–Trinajstić information content (AvgIpc) is 3.22. The van der Waals surface area contributed by atoms with Crippen LogP contribution in [0.5, 0.6) is 5.75 Å². The molecule has 0 amide bonds. The Morgan fingerprint density at radius 2 is 1.72 bits per heavy atom. The number of hydrogen-bond acceptors (Lipinski definition) is 3. The molecule has 0 bridgehead atoms. The molecular formula is C31H33NO4. The van der Waals surface area contributed by atoms with Crippen LogP contribution in [0.2, 0.25) is 0 Å². The van der Waals surface area contributed by atoms with Crippen LogP contribution in [0.3, 0.4) is 0 Å². The number of carbonyl (C=O) groups is 2.